The van der Waals surface area contributed by atoms with Gasteiger partial charge in [-0.2, -0.15) is 10.4 Å². The maximum atomic E-state index is 9.56. The van der Waals surface area contributed by atoms with E-state index in [9.17, 15) is 5.26 Å². The number of aromatic nitrogens is 2. The fraction of sp³-hybridized carbons (Fsp3) is 0.292. The number of rotatable bonds is 5. The molecule has 0 atom stereocenters. The minimum Gasteiger partial charge on any atom is -0.355 e. The summed E-state index contributed by atoms with van der Waals surface area (Å²) < 4.78 is 0. The molecule has 1 aromatic heterocycles. The first-order valence-electron chi connectivity index (χ1n) is 10.3. The highest BCUT2D eigenvalue weighted by Gasteiger charge is 2.18. The number of piperidine rings is 1. The maximum absolute atomic E-state index is 9.56. The van der Waals surface area contributed by atoms with Crippen LogP contribution in [0.15, 0.2) is 53.6 Å². The number of hydrogen-bond donors (Lipinski definition) is 2. The average molecular weight is 416 g/mol. The van der Waals surface area contributed by atoms with E-state index in [1.54, 1.807) is 6.20 Å². The lowest BCUT2D eigenvalue weighted by Crippen LogP contribution is -2.30. The quantitative estimate of drug-likeness (QED) is 0.602. The summed E-state index contributed by atoms with van der Waals surface area (Å²) in [6, 6.07) is 16.6. The Kier molecular flexibility index (Phi) is 6.32. The molecule has 0 radical (unpaired) electrons. The molecular formula is C24H25N5S. The van der Waals surface area contributed by atoms with Crippen LogP contribution < -0.4 is 10.6 Å². The summed E-state index contributed by atoms with van der Waals surface area (Å²) in [5.74, 6) is 0.881. The number of nitriles is 1. The van der Waals surface area contributed by atoms with Crippen molar-refractivity contribution in [1.82, 2.24) is 10.2 Å². The zero-order valence-electron chi connectivity index (χ0n) is 16.9. The molecule has 4 rings (SSSR count). The van der Waals surface area contributed by atoms with Gasteiger partial charge in [0, 0.05) is 29.1 Å². The molecule has 2 aromatic carbocycles. The molecule has 30 heavy (non-hydrogen) atoms. The lowest BCUT2D eigenvalue weighted by Gasteiger charge is -2.27. The monoisotopic (exact) mass is 415 g/mol. The van der Waals surface area contributed by atoms with Crippen LogP contribution in [0.3, 0.4) is 0 Å². The van der Waals surface area contributed by atoms with E-state index in [0.717, 1.165) is 47.6 Å². The molecule has 6 heteroatoms. The lowest BCUT2D eigenvalue weighted by atomic mass is 9.93. The zero-order valence-corrected chi connectivity index (χ0v) is 17.8. The molecule has 1 fully saturated rings. The van der Waals surface area contributed by atoms with Crippen LogP contribution in [-0.4, -0.2) is 29.8 Å². The van der Waals surface area contributed by atoms with Crippen LogP contribution in [0.25, 0.3) is 22.3 Å². The molecule has 0 bridgehead atoms. The second-order valence-electron chi connectivity index (χ2n) is 7.58. The third kappa shape index (κ3) is 4.18. The molecule has 5 nitrogen and oxygen atoms in total. The molecule has 0 unspecified atom stereocenters. The van der Waals surface area contributed by atoms with Gasteiger partial charge >= 0.3 is 0 Å². The van der Waals surface area contributed by atoms with Crippen LogP contribution in [0.2, 0.25) is 0 Å². The Labute approximate surface area is 183 Å². The molecule has 0 spiro atoms. The number of thiol groups is 1. The van der Waals surface area contributed by atoms with Crippen LogP contribution in [0.5, 0.6) is 0 Å². The number of anilines is 1. The van der Waals surface area contributed by atoms with Gasteiger partial charge in [-0.1, -0.05) is 30.3 Å². The van der Waals surface area contributed by atoms with Crippen molar-refractivity contribution in [2.24, 2.45) is 5.73 Å². The van der Waals surface area contributed by atoms with Crippen LogP contribution in [-0.2, 0) is 6.42 Å². The maximum Gasteiger partial charge on any atom is 0.151 e. The standard InChI is InChI=1S/C24H25N5S/c25-11-10-17-4-6-18(7-5-17)21-9-8-19(15-26)24(30)23(21)20-14-22(28-27-16-20)29-12-2-1-3-13-29/h4-9,14,16,30H,1-3,10-13,25H2. The van der Waals surface area contributed by atoms with Gasteiger partial charge in [0.25, 0.3) is 0 Å². The average Bonchev–Trinajstić information content (AvgIpc) is 2.80. The number of hydrogen-bond acceptors (Lipinski definition) is 6. The van der Waals surface area contributed by atoms with Crippen molar-refractivity contribution in [2.75, 3.05) is 24.5 Å². The Morgan fingerprint density at radius 2 is 1.80 bits per heavy atom. The molecule has 1 aliphatic heterocycles. The summed E-state index contributed by atoms with van der Waals surface area (Å²) in [6.07, 6.45) is 6.22. The Morgan fingerprint density at radius 1 is 1.03 bits per heavy atom. The van der Waals surface area contributed by atoms with Crippen molar-refractivity contribution in [2.45, 2.75) is 30.6 Å². The van der Waals surface area contributed by atoms with Crippen LogP contribution in [0.4, 0.5) is 5.82 Å². The van der Waals surface area contributed by atoms with E-state index in [2.05, 4.69) is 51.5 Å². The van der Waals surface area contributed by atoms with Gasteiger partial charge in [0.1, 0.15) is 6.07 Å². The molecule has 0 saturated carbocycles. The Balaban J connectivity index is 1.81. The van der Waals surface area contributed by atoms with E-state index in [1.165, 1.54) is 24.8 Å². The van der Waals surface area contributed by atoms with E-state index in [0.29, 0.717) is 17.0 Å². The third-order valence-corrected chi connectivity index (χ3v) is 6.07. The first kappa shape index (κ1) is 20.4. The molecule has 2 N–H and O–H groups in total. The second-order valence-corrected chi connectivity index (χ2v) is 8.03. The lowest BCUT2D eigenvalue weighted by molar-refractivity contribution is 0.571. The van der Waals surface area contributed by atoms with Crippen molar-refractivity contribution in [3.63, 3.8) is 0 Å². The Bertz CT molecular complexity index is 1070. The van der Waals surface area contributed by atoms with Crippen molar-refractivity contribution in [3.8, 4) is 28.3 Å². The summed E-state index contributed by atoms with van der Waals surface area (Å²) >= 11 is 4.74. The van der Waals surface area contributed by atoms with Crippen molar-refractivity contribution in [3.05, 3.63) is 59.8 Å². The highest BCUT2D eigenvalue weighted by atomic mass is 32.1. The Hall–Kier alpha value is -2.88. The summed E-state index contributed by atoms with van der Waals surface area (Å²) in [5, 5.41) is 18.2. The van der Waals surface area contributed by atoms with E-state index in [1.807, 2.05) is 12.1 Å². The van der Waals surface area contributed by atoms with Gasteiger partial charge in [-0.3, -0.25) is 0 Å². The summed E-state index contributed by atoms with van der Waals surface area (Å²) in [4.78, 5) is 2.95. The molecule has 1 saturated heterocycles. The summed E-state index contributed by atoms with van der Waals surface area (Å²) in [6.45, 7) is 2.63. The third-order valence-electron chi connectivity index (χ3n) is 5.61. The minimum absolute atomic E-state index is 0.549. The van der Waals surface area contributed by atoms with Crippen LogP contribution in [0.1, 0.15) is 30.4 Å². The van der Waals surface area contributed by atoms with Gasteiger partial charge < -0.3 is 10.6 Å². The highest BCUT2D eigenvalue weighted by Crippen LogP contribution is 2.39. The molecule has 1 aliphatic rings. The van der Waals surface area contributed by atoms with Crippen molar-refractivity contribution >= 4 is 18.4 Å². The van der Waals surface area contributed by atoms with E-state index in [-0.39, 0.29) is 0 Å². The summed E-state index contributed by atoms with van der Waals surface area (Å²) in [5.41, 5.74) is 11.4. The highest BCUT2D eigenvalue weighted by molar-refractivity contribution is 7.80. The van der Waals surface area contributed by atoms with Gasteiger partial charge in [0.15, 0.2) is 5.82 Å². The first-order chi connectivity index (χ1) is 14.7. The molecule has 3 aromatic rings. The van der Waals surface area contributed by atoms with E-state index < -0.39 is 0 Å². The van der Waals surface area contributed by atoms with Gasteiger partial charge in [-0.25, -0.2) is 0 Å². The number of nitrogens with zero attached hydrogens (tertiary/aromatic N) is 4. The molecule has 2 heterocycles. The van der Waals surface area contributed by atoms with Gasteiger partial charge in [0.2, 0.25) is 0 Å². The van der Waals surface area contributed by atoms with Gasteiger partial charge in [-0.05, 0) is 61.1 Å². The van der Waals surface area contributed by atoms with Crippen molar-refractivity contribution in [1.29, 1.82) is 5.26 Å². The second kappa shape index (κ2) is 9.29. The fourth-order valence-corrected chi connectivity index (χ4v) is 4.38. The van der Waals surface area contributed by atoms with Crippen molar-refractivity contribution < 1.29 is 0 Å². The van der Waals surface area contributed by atoms with Crippen LogP contribution >= 0.6 is 12.6 Å². The first-order valence-corrected chi connectivity index (χ1v) is 10.8. The molecule has 0 amide bonds. The van der Waals surface area contributed by atoms with Crippen LogP contribution in [0, 0.1) is 11.3 Å². The topological polar surface area (TPSA) is 78.8 Å². The van der Waals surface area contributed by atoms with E-state index in [4.69, 9.17) is 18.4 Å². The molecule has 152 valence electrons. The zero-order chi connectivity index (χ0) is 20.9. The normalized spacial score (nSPS) is 13.8. The van der Waals surface area contributed by atoms with Gasteiger partial charge in [-0.15, -0.1) is 17.7 Å². The number of nitrogens with two attached hydrogens (primary N) is 1. The van der Waals surface area contributed by atoms with E-state index >= 15 is 0 Å². The predicted octanol–water partition coefficient (Wildman–Crippen LogP) is 4.46. The van der Waals surface area contributed by atoms with Gasteiger partial charge in [0.05, 0.1) is 11.8 Å². The molecule has 0 aliphatic carbocycles. The SMILES string of the molecule is N#Cc1ccc(-c2ccc(CCN)cc2)c(-c2cnnc(N3CCCCC3)c2)c1S. The summed E-state index contributed by atoms with van der Waals surface area (Å²) in [7, 11) is 0. The predicted molar refractivity (Wildman–Crippen MR) is 124 cm³/mol. The molecular weight excluding hydrogens is 390 g/mol. The largest absolute Gasteiger partial charge is 0.355 e. The number of benzene rings is 2. The smallest absolute Gasteiger partial charge is 0.151 e. The fourth-order valence-electron chi connectivity index (χ4n) is 4.00. The minimum atomic E-state index is 0.549. The Morgan fingerprint density at radius 3 is 2.50 bits per heavy atom.